The van der Waals surface area contributed by atoms with Gasteiger partial charge in [0.25, 0.3) is 0 Å². The second-order valence-electron chi connectivity index (χ2n) is 4.72. The van der Waals surface area contributed by atoms with E-state index in [0.29, 0.717) is 13.0 Å². The van der Waals surface area contributed by atoms with Crippen molar-refractivity contribution in [1.29, 1.82) is 0 Å². The third-order valence-corrected chi connectivity index (χ3v) is 1.82. The standard InChI is InChI=1S/C11H23NO3/c1-11(2,3)15-10(14)6-8-12(4)7-5-9-13/h13H,5-9H2,1-4H3. The molecular weight excluding hydrogens is 194 g/mol. The molecule has 4 heteroatoms. The minimum Gasteiger partial charge on any atom is -0.460 e. The van der Waals surface area contributed by atoms with Crippen LogP contribution in [0.5, 0.6) is 0 Å². The predicted molar refractivity (Wildman–Crippen MR) is 59.7 cm³/mol. The topological polar surface area (TPSA) is 49.8 Å². The summed E-state index contributed by atoms with van der Waals surface area (Å²) < 4.78 is 5.18. The minimum absolute atomic E-state index is 0.168. The smallest absolute Gasteiger partial charge is 0.307 e. The van der Waals surface area contributed by atoms with Crippen molar-refractivity contribution >= 4 is 5.97 Å². The summed E-state index contributed by atoms with van der Waals surface area (Å²) in [4.78, 5) is 13.4. The number of carbonyl (C=O) groups excluding carboxylic acids is 1. The molecule has 0 spiro atoms. The van der Waals surface area contributed by atoms with Gasteiger partial charge >= 0.3 is 5.97 Å². The fourth-order valence-electron chi connectivity index (χ4n) is 1.13. The van der Waals surface area contributed by atoms with Gasteiger partial charge in [-0.25, -0.2) is 0 Å². The van der Waals surface area contributed by atoms with Gasteiger partial charge in [0, 0.05) is 19.7 Å². The van der Waals surface area contributed by atoms with Crippen molar-refractivity contribution in [3.63, 3.8) is 0 Å². The molecule has 90 valence electrons. The van der Waals surface area contributed by atoms with Crippen LogP contribution in [0.4, 0.5) is 0 Å². The van der Waals surface area contributed by atoms with Crippen LogP contribution in [0.25, 0.3) is 0 Å². The Kier molecular flexibility index (Phi) is 6.52. The molecule has 0 unspecified atom stereocenters. The molecule has 0 aromatic carbocycles. The van der Waals surface area contributed by atoms with Gasteiger partial charge < -0.3 is 14.7 Å². The third kappa shape index (κ3) is 9.69. The first-order valence-corrected chi connectivity index (χ1v) is 5.36. The molecule has 0 aliphatic rings. The van der Waals surface area contributed by atoms with Crippen LogP contribution in [0.3, 0.4) is 0 Å². The number of rotatable bonds is 6. The van der Waals surface area contributed by atoms with Crippen molar-refractivity contribution in [3.05, 3.63) is 0 Å². The molecule has 0 radical (unpaired) electrons. The minimum atomic E-state index is -0.402. The summed E-state index contributed by atoms with van der Waals surface area (Å²) >= 11 is 0. The molecule has 1 N–H and O–H groups in total. The molecule has 0 saturated carbocycles. The molecule has 0 fully saturated rings. The summed E-state index contributed by atoms with van der Waals surface area (Å²) in [5.41, 5.74) is -0.402. The van der Waals surface area contributed by atoms with Gasteiger partial charge in [0.15, 0.2) is 0 Å². The van der Waals surface area contributed by atoms with Crippen molar-refractivity contribution in [3.8, 4) is 0 Å². The Morgan fingerprint density at radius 3 is 2.40 bits per heavy atom. The highest BCUT2D eigenvalue weighted by Gasteiger charge is 2.16. The van der Waals surface area contributed by atoms with Crippen molar-refractivity contribution in [1.82, 2.24) is 4.90 Å². The molecule has 0 aromatic rings. The van der Waals surface area contributed by atoms with E-state index in [9.17, 15) is 4.79 Å². The van der Waals surface area contributed by atoms with E-state index in [1.54, 1.807) is 0 Å². The Hall–Kier alpha value is -0.610. The Labute approximate surface area is 92.2 Å². The van der Waals surface area contributed by atoms with Gasteiger partial charge in [0.05, 0.1) is 6.42 Å². The quantitative estimate of drug-likeness (QED) is 0.675. The maximum absolute atomic E-state index is 11.3. The van der Waals surface area contributed by atoms with Crippen molar-refractivity contribution in [2.45, 2.75) is 39.2 Å². The first-order valence-electron chi connectivity index (χ1n) is 5.36. The SMILES string of the molecule is CN(CCCO)CCC(=O)OC(C)(C)C. The number of esters is 1. The lowest BCUT2D eigenvalue weighted by Gasteiger charge is -2.21. The molecule has 0 aliphatic carbocycles. The molecule has 0 amide bonds. The summed E-state index contributed by atoms with van der Waals surface area (Å²) in [6, 6.07) is 0. The molecule has 0 aromatic heterocycles. The summed E-state index contributed by atoms with van der Waals surface area (Å²) in [5.74, 6) is -0.168. The van der Waals surface area contributed by atoms with E-state index in [-0.39, 0.29) is 12.6 Å². The van der Waals surface area contributed by atoms with Crippen LogP contribution in [-0.2, 0) is 9.53 Å². The maximum Gasteiger partial charge on any atom is 0.307 e. The van der Waals surface area contributed by atoms with Crippen molar-refractivity contribution in [2.75, 3.05) is 26.7 Å². The molecule has 0 saturated heterocycles. The molecule has 4 nitrogen and oxygen atoms in total. The zero-order chi connectivity index (χ0) is 11.9. The van der Waals surface area contributed by atoms with E-state index in [1.807, 2.05) is 32.7 Å². The summed E-state index contributed by atoms with van der Waals surface area (Å²) in [7, 11) is 1.93. The largest absolute Gasteiger partial charge is 0.460 e. The zero-order valence-corrected chi connectivity index (χ0v) is 10.2. The monoisotopic (exact) mass is 217 g/mol. The Balaban J connectivity index is 3.62. The van der Waals surface area contributed by atoms with Gasteiger partial charge in [0.2, 0.25) is 0 Å². The van der Waals surface area contributed by atoms with Gasteiger partial charge in [0.1, 0.15) is 5.60 Å². The van der Waals surface area contributed by atoms with E-state index in [1.165, 1.54) is 0 Å². The number of carbonyl (C=O) groups is 1. The lowest BCUT2D eigenvalue weighted by Crippen LogP contribution is -2.28. The van der Waals surface area contributed by atoms with Crippen LogP contribution in [-0.4, -0.2) is 48.3 Å². The average Bonchev–Trinajstić information content (AvgIpc) is 2.08. The molecule has 0 bridgehead atoms. The first-order chi connectivity index (χ1) is 6.85. The number of ether oxygens (including phenoxy) is 1. The van der Waals surface area contributed by atoms with Gasteiger partial charge in [-0.15, -0.1) is 0 Å². The highest BCUT2D eigenvalue weighted by molar-refractivity contribution is 5.70. The highest BCUT2D eigenvalue weighted by atomic mass is 16.6. The normalized spacial score (nSPS) is 11.9. The van der Waals surface area contributed by atoms with Crippen molar-refractivity contribution in [2.24, 2.45) is 0 Å². The van der Waals surface area contributed by atoms with E-state index in [0.717, 1.165) is 13.0 Å². The molecular formula is C11H23NO3. The Morgan fingerprint density at radius 1 is 1.33 bits per heavy atom. The number of nitrogens with zero attached hydrogens (tertiary/aromatic N) is 1. The summed E-state index contributed by atoms with van der Waals surface area (Å²) in [6.45, 7) is 7.26. The van der Waals surface area contributed by atoms with E-state index in [2.05, 4.69) is 0 Å². The van der Waals surface area contributed by atoms with Crippen LogP contribution >= 0.6 is 0 Å². The second kappa shape index (κ2) is 6.80. The predicted octanol–water partition coefficient (Wildman–Crippen LogP) is 1.03. The number of aliphatic hydroxyl groups excluding tert-OH is 1. The van der Waals surface area contributed by atoms with Crippen LogP contribution in [0, 0.1) is 0 Å². The van der Waals surface area contributed by atoms with Crippen LogP contribution in [0.1, 0.15) is 33.6 Å². The van der Waals surface area contributed by atoms with Crippen LogP contribution in [0.15, 0.2) is 0 Å². The highest BCUT2D eigenvalue weighted by Crippen LogP contribution is 2.08. The lowest BCUT2D eigenvalue weighted by atomic mass is 10.2. The Morgan fingerprint density at radius 2 is 1.93 bits per heavy atom. The molecule has 0 heterocycles. The second-order valence-corrected chi connectivity index (χ2v) is 4.72. The van der Waals surface area contributed by atoms with Crippen LogP contribution < -0.4 is 0 Å². The van der Waals surface area contributed by atoms with Gasteiger partial charge in [-0.2, -0.15) is 0 Å². The van der Waals surface area contributed by atoms with Gasteiger partial charge in [-0.05, 0) is 34.2 Å². The molecule has 0 atom stereocenters. The molecule has 15 heavy (non-hydrogen) atoms. The van der Waals surface area contributed by atoms with Crippen molar-refractivity contribution < 1.29 is 14.6 Å². The maximum atomic E-state index is 11.3. The molecule has 0 aliphatic heterocycles. The fourth-order valence-corrected chi connectivity index (χ4v) is 1.13. The molecule has 0 rings (SSSR count). The van der Waals surface area contributed by atoms with E-state index in [4.69, 9.17) is 9.84 Å². The van der Waals surface area contributed by atoms with E-state index >= 15 is 0 Å². The third-order valence-electron chi connectivity index (χ3n) is 1.82. The fraction of sp³-hybridized carbons (Fsp3) is 0.909. The number of aliphatic hydroxyl groups is 1. The average molecular weight is 217 g/mol. The first kappa shape index (κ1) is 14.4. The summed E-state index contributed by atoms with van der Waals surface area (Å²) in [5, 5.41) is 8.63. The lowest BCUT2D eigenvalue weighted by molar-refractivity contribution is -0.155. The van der Waals surface area contributed by atoms with E-state index < -0.39 is 5.60 Å². The Bertz CT molecular complexity index is 187. The zero-order valence-electron chi connectivity index (χ0n) is 10.2. The number of hydrogen-bond acceptors (Lipinski definition) is 4. The van der Waals surface area contributed by atoms with Gasteiger partial charge in [-0.3, -0.25) is 4.79 Å². The summed E-state index contributed by atoms with van der Waals surface area (Å²) in [6.07, 6.45) is 1.14. The van der Waals surface area contributed by atoms with Gasteiger partial charge in [-0.1, -0.05) is 0 Å². The number of hydrogen-bond donors (Lipinski definition) is 1. The van der Waals surface area contributed by atoms with Crippen LogP contribution in [0.2, 0.25) is 0 Å².